The van der Waals surface area contributed by atoms with Crippen molar-refractivity contribution in [3.8, 4) is 12.3 Å². The fourth-order valence-corrected chi connectivity index (χ4v) is 1.77. The number of nitrogens with one attached hydrogen (secondary N) is 2. The van der Waals surface area contributed by atoms with Gasteiger partial charge in [-0.2, -0.15) is 0 Å². The summed E-state index contributed by atoms with van der Waals surface area (Å²) in [4.78, 5) is 37.5. The van der Waals surface area contributed by atoms with Crippen molar-refractivity contribution in [2.24, 2.45) is 0 Å². The average molecular weight is 292 g/mol. The zero-order chi connectivity index (χ0) is 16.0. The monoisotopic (exact) mass is 292 g/mol. The van der Waals surface area contributed by atoms with E-state index in [4.69, 9.17) is 11.2 Å². The minimum atomic E-state index is -0.735. The Morgan fingerprint density at radius 1 is 1.29 bits per heavy atom. The molecule has 0 aliphatic heterocycles. The number of H-pyrrole nitrogens is 1. The minimum absolute atomic E-state index is 0.0590. The van der Waals surface area contributed by atoms with Gasteiger partial charge in [0.1, 0.15) is 5.69 Å². The van der Waals surface area contributed by atoms with Gasteiger partial charge in [-0.1, -0.05) is 5.92 Å². The number of rotatable bonds is 5. The Morgan fingerprint density at radius 2 is 1.95 bits per heavy atom. The molecule has 1 aromatic rings. The van der Waals surface area contributed by atoms with Gasteiger partial charge in [0.2, 0.25) is 0 Å². The summed E-state index contributed by atoms with van der Waals surface area (Å²) in [6.45, 7) is 2.83. The smallest absolute Gasteiger partial charge is 0.355 e. The highest BCUT2D eigenvalue weighted by Crippen LogP contribution is 2.19. The third kappa shape index (κ3) is 3.86. The van der Waals surface area contributed by atoms with Gasteiger partial charge in [0.15, 0.2) is 6.61 Å². The van der Waals surface area contributed by atoms with E-state index in [1.165, 1.54) is 7.11 Å². The van der Waals surface area contributed by atoms with Gasteiger partial charge in [-0.05, 0) is 19.4 Å². The molecular formula is C14H16N2O5. The van der Waals surface area contributed by atoms with Gasteiger partial charge < -0.3 is 19.8 Å². The van der Waals surface area contributed by atoms with Crippen molar-refractivity contribution >= 4 is 17.8 Å². The van der Waals surface area contributed by atoms with E-state index in [0.717, 1.165) is 0 Å². The van der Waals surface area contributed by atoms with Gasteiger partial charge >= 0.3 is 11.9 Å². The number of carbonyl (C=O) groups excluding carboxylic acids is 3. The second-order valence-corrected chi connectivity index (χ2v) is 4.17. The highest BCUT2D eigenvalue weighted by atomic mass is 16.5. The van der Waals surface area contributed by atoms with Crippen molar-refractivity contribution in [3.63, 3.8) is 0 Å². The third-order valence-electron chi connectivity index (χ3n) is 2.75. The number of ether oxygens (including phenoxy) is 2. The number of methoxy groups -OCH3 is 1. The fourth-order valence-electron chi connectivity index (χ4n) is 1.77. The molecule has 0 saturated carbocycles. The lowest BCUT2D eigenvalue weighted by Gasteiger charge is -2.04. The SMILES string of the molecule is C#CCNC(=O)COC(=O)c1[nH]c(C)c(C(=O)OC)c1C. The summed E-state index contributed by atoms with van der Waals surface area (Å²) in [6.07, 6.45) is 4.98. The number of aromatic amines is 1. The maximum Gasteiger partial charge on any atom is 0.355 e. The Labute approximate surface area is 122 Å². The van der Waals surface area contributed by atoms with Crippen LogP contribution in [0, 0.1) is 26.2 Å². The lowest BCUT2D eigenvalue weighted by molar-refractivity contribution is -0.123. The van der Waals surface area contributed by atoms with Crippen LogP contribution >= 0.6 is 0 Å². The van der Waals surface area contributed by atoms with E-state index in [1.807, 2.05) is 0 Å². The second-order valence-electron chi connectivity index (χ2n) is 4.17. The van der Waals surface area contributed by atoms with Crippen molar-refractivity contribution in [2.45, 2.75) is 13.8 Å². The van der Waals surface area contributed by atoms with Crippen LogP contribution in [0.3, 0.4) is 0 Å². The summed E-state index contributed by atoms with van der Waals surface area (Å²) in [6, 6.07) is 0. The van der Waals surface area contributed by atoms with Crippen LogP contribution in [0.4, 0.5) is 0 Å². The molecule has 7 heteroatoms. The van der Waals surface area contributed by atoms with Gasteiger partial charge in [0.25, 0.3) is 5.91 Å². The number of hydrogen-bond donors (Lipinski definition) is 2. The Bertz CT molecular complexity index is 610. The van der Waals surface area contributed by atoms with E-state index in [-0.39, 0.29) is 17.8 Å². The van der Waals surface area contributed by atoms with Crippen LogP contribution in [0.5, 0.6) is 0 Å². The molecule has 1 aromatic heterocycles. The summed E-state index contributed by atoms with van der Waals surface area (Å²) in [5.74, 6) is 0.439. The normalized spacial score (nSPS) is 9.62. The van der Waals surface area contributed by atoms with E-state index in [0.29, 0.717) is 11.3 Å². The molecule has 0 spiro atoms. The highest BCUT2D eigenvalue weighted by Gasteiger charge is 2.23. The molecule has 0 radical (unpaired) electrons. The van der Waals surface area contributed by atoms with Gasteiger partial charge in [-0.15, -0.1) is 6.42 Å². The topological polar surface area (TPSA) is 97.5 Å². The molecule has 1 amide bonds. The molecule has 0 saturated heterocycles. The quantitative estimate of drug-likeness (QED) is 0.602. The number of aryl methyl sites for hydroxylation is 1. The molecule has 0 bridgehead atoms. The van der Waals surface area contributed by atoms with Crippen molar-refractivity contribution in [1.82, 2.24) is 10.3 Å². The van der Waals surface area contributed by atoms with Crippen LogP contribution in [-0.4, -0.2) is 43.1 Å². The molecule has 0 fully saturated rings. The van der Waals surface area contributed by atoms with Crippen LogP contribution in [0.25, 0.3) is 0 Å². The first-order valence-corrected chi connectivity index (χ1v) is 6.07. The molecular weight excluding hydrogens is 276 g/mol. The van der Waals surface area contributed by atoms with E-state index in [2.05, 4.69) is 21.0 Å². The van der Waals surface area contributed by atoms with Crippen molar-refractivity contribution in [2.75, 3.05) is 20.3 Å². The molecule has 21 heavy (non-hydrogen) atoms. The number of terminal acetylenes is 1. The number of amides is 1. The summed E-state index contributed by atoms with van der Waals surface area (Å²) in [7, 11) is 1.25. The Kier molecular flexibility index (Phi) is 5.55. The Balaban J connectivity index is 2.78. The van der Waals surface area contributed by atoms with E-state index >= 15 is 0 Å². The molecule has 2 N–H and O–H groups in total. The standard InChI is InChI=1S/C14H16N2O5/c1-5-6-15-10(17)7-21-14(19)12-8(2)11(9(3)16-12)13(18)20-4/h1,16H,6-7H2,2-4H3,(H,15,17). The molecule has 0 aliphatic rings. The van der Waals surface area contributed by atoms with Gasteiger partial charge in [0, 0.05) is 5.69 Å². The van der Waals surface area contributed by atoms with E-state index in [9.17, 15) is 14.4 Å². The molecule has 0 aliphatic carbocycles. The van der Waals surface area contributed by atoms with Gasteiger partial charge in [0.05, 0.1) is 19.2 Å². The summed E-state index contributed by atoms with van der Waals surface area (Å²) in [5, 5.41) is 2.36. The summed E-state index contributed by atoms with van der Waals surface area (Å²) >= 11 is 0. The van der Waals surface area contributed by atoms with Crippen LogP contribution in [0.2, 0.25) is 0 Å². The number of esters is 2. The predicted octanol–water partition coefficient (Wildman–Crippen LogP) is 0.324. The first-order valence-electron chi connectivity index (χ1n) is 6.07. The molecule has 112 valence electrons. The zero-order valence-electron chi connectivity index (χ0n) is 12.0. The predicted molar refractivity (Wildman–Crippen MR) is 73.7 cm³/mol. The highest BCUT2D eigenvalue weighted by molar-refractivity contribution is 5.99. The molecule has 0 unspecified atom stereocenters. The fraction of sp³-hybridized carbons (Fsp3) is 0.357. The van der Waals surface area contributed by atoms with Crippen LogP contribution < -0.4 is 5.32 Å². The van der Waals surface area contributed by atoms with E-state index < -0.39 is 24.5 Å². The van der Waals surface area contributed by atoms with Gasteiger partial charge in [-0.25, -0.2) is 9.59 Å². The maximum atomic E-state index is 11.9. The zero-order valence-corrected chi connectivity index (χ0v) is 12.0. The Morgan fingerprint density at radius 3 is 2.52 bits per heavy atom. The molecule has 0 aromatic carbocycles. The third-order valence-corrected chi connectivity index (χ3v) is 2.75. The summed E-state index contributed by atoms with van der Waals surface area (Å²) < 4.78 is 9.49. The lowest BCUT2D eigenvalue weighted by atomic mass is 10.1. The van der Waals surface area contributed by atoms with Crippen molar-refractivity contribution in [1.29, 1.82) is 0 Å². The average Bonchev–Trinajstić information content (AvgIpc) is 2.76. The first kappa shape index (κ1) is 16.3. The number of hydrogen-bond acceptors (Lipinski definition) is 5. The maximum absolute atomic E-state index is 11.9. The van der Waals surface area contributed by atoms with Crippen molar-refractivity contribution in [3.05, 3.63) is 22.5 Å². The minimum Gasteiger partial charge on any atom is -0.465 e. The first-order chi connectivity index (χ1) is 9.92. The van der Waals surface area contributed by atoms with Crippen LogP contribution in [-0.2, 0) is 14.3 Å². The van der Waals surface area contributed by atoms with Gasteiger partial charge in [-0.3, -0.25) is 4.79 Å². The lowest BCUT2D eigenvalue weighted by Crippen LogP contribution is -2.29. The van der Waals surface area contributed by atoms with E-state index in [1.54, 1.807) is 13.8 Å². The van der Waals surface area contributed by atoms with Crippen molar-refractivity contribution < 1.29 is 23.9 Å². The molecule has 1 rings (SSSR count). The molecule has 7 nitrogen and oxygen atoms in total. The van der Waals surface area contributed by atoms with Crippen LogP contribution in [0.15, 0.2) is 0 Å². The number of carbonyl (C=O) groups is 3. The molecule has 0 atom stereocenters. The second kappa shape index (κ2) is 7.14. The molecule has 1 heterocycles. The van der Waals surface area contributed by atoms with Crippen LogP contribution in [0.1, 0.15) is 32.1 Å². The largest absolute Gasteiger partial charge is 0.465 e. The number of aromatic nitrogens is 1. The Hall–Kier alpha value is -2.75. The summed E-state index contributed by atoms with van der Waals surface area (Å²) in [5.41, 5.74) is 1.29.